The number of rotatable bonds is 7. The van der Waals surface area contributed by atoms with Crippen molar-refractivity contribution in [1.29, 1.82) is 0 Å². The SMILES string of the molecule is CCc1cc(C2C3CC(N(CC(F)F)S(=O)C(C)(C)C)CC32)n(C(C)C)n1. The predicted molar refractivity (Wildman–Crippen MR) is 105 cm³/mol. The molecule has 3 rings (SSSR count). The van der Waals surface area contributed by atoms with Crippen LogP contribution in [0.3, 0.4) is 0 Å². The van der Waals surface area contributed by atoms with Crippen LogP contribution in [0.25, 0.3) is 0 Å². The molecule has 0 bridgehead atoms. The second-order valence-electron chi connectivity index (χ2n) is 9.28. The minimum atomic E-state index is -2.46. The summed E-state index contributed by atoms with van der Waals surface area (Å²) in [6.45, 7) is 11.6. The summed E-state index contributed by atoms with van der Waals surface area (Å²) in [7, 11) is -1.41. The Bertz CT molecular complexity index is 686. The molecule has 2 fully saturated rings. The van der Waals surface area contributed by atoms with E-state index in [9.17, 15) is 13.0 Å². The first kappa shape index (κ1) is 20.9. The van der Waals surface area contributed by atoms with Crippen LogP contribution < -0.4 is 0 Å². The molecule has 0 saturated heterocycles. The summed E-state index contributed by atoms with van der Waals surface area (Å²) < 4.78 is 42.3. The largest absolute Gasteiger partial charge is 0.267 e. The van der Waals surface area contributed by atoms with E-state index in [1.807, 2.05) is 20.8 Å². The van der Waals surface area contributed by atoms with Crippen molar-refractivity contribution < 1.29 is 13.0 Å². The van der Waals surface area contributed by atoms with E-state index in [0.29, 0.717) is 23.8 Å². The van der Waals surface area contributed by atoms with E-state index in [-0.39, 0.29) is 6.04 Å². The zero-order valence-corrected chi connectivity index (χ0v) is 18.1. The summed E-state index contributed by atoms with van der Waals surface area (Å²) in [5.41, 5.74) is 2.42. The Labute approximate surface area is 164 Å². The summed E-state index contributed by atoms with van der Waals surface area (Å²) >= 11 is 0. The van der Waals surface area contributed by atoms with Crippen molar-refractivity contribution in [3.05, 3.63) is 17.5 Å². The van der Waals surface area contributed by atoms with Gasteiger partial charge in [-0.3, -0.25) is 4.68 Å². The minimum Gasteiger partial charge on any atom is -0.267 e. The third kappa shape index (κ3) is 4.14. The van der Waals surface area contributed by atoms with Crippen molar-refractivity contribution >= 4 is 11.0 Å². The molecule has 0 aliphatic heterocycles. The maximum atomic E-state index is 13.1. The summed E-state index contributed by atoms with van der Waals surface area (Å²) in [6, 6.07) is 2.54. The number of nitrogens with zero attached hydrogens (tertiary/aromatic N) is 3. The average Bonchev–Trinajstić information content (AvgIpc) is 2.95. The molecular formula is C20H33F2N3OS. The molecule has 1 heterocycles. The van der Waals surface area contributed by atoms with E-state index in [2.05, 4.69) is 31.5 Å². The number of hydrogen-bond donors (Lipinski definition) is 0. The molecule has 2 aliphatic carbocycles. The Balaban J connectivity index is 1.73. The van der Waals surface area contributed by atoms with Crippen molar-refractivity contribution in [1.82, 2.24) is 14.1 Å². The first-order valence-corrected chi connectivity index (χ1v) is 11.2. The molecule has 0 radical (unpaired) electrons. The maximum absolute atomic E-state index is 13.1. The van der Waals surface area contributed by atoms with Crippen LogP contribution >= 0.6 is 0 Å². The molecule has 2 saturated carbocycles. The first-order chi connectivity index (χ1) is 12.5. The Morgan fingerprint density at radius 2 is 1.89 bits per heavy atom. The number of fused-ring (bicyclic) bond motifs is 1. The highest BCUT2D eigenvalue weighted by Gasteiger charge is 2.59. The maximum Gasteiger partial charge on any atom is 0.252 e. The zero-order chi connectivity index (χ0) is 20.1. The van der Waals surface area contributed by atoms with Crippen LogP contribution in [0.5, 0.6) is 0 Å². The third-order valence-electron chi connectivity index (χ3n) is 5.89. The number of halogens is 2. The lowest BCUT2D eigenvalue weighted by molar-refractivity contribution is 0.106. The van der Waals surface area contributed by atoms with Gasteiger partial charge in [0, 0.05) is 23.7 Å². The minimum absolute atomic E-state index is 0.00799. The van der Waals surface area contributed by atoms with Gasteiger partial charge in [0.2, 0.25) is 0 Å². The van der Waals surface area contributed by atoms with Gasteiger partial charge in [0.05, 0.1) is 17.0 Å². The fourth-order valence-corrected chi connectivity index (χ4v) is 6.02. The molecule has 3 unspecified atom stereocenters. The quantitative estimate of drug-likeness (QED) is 0.672. The van der Waals surface area contributed by atoms with Crippen LogP contribution in [0.2, 0.25) is 0 Å². The summed E-state index contributed by atoms with van der Waals surface area (Å²) in [5, 5.41) is 4.73. The second kappa shape index (κ2) is 7.54. The molecule has 7 heteroatoms. The van der Waals surface area contributed by atoms with Gasteiger partial charge in [-0.1, -0.05) is 6.92 Å². The van der Waals surface area contributed by atoms with Gasteiger partial charge in [-0.05, 0) is 71.8 Å². The van der Waals surface area contributed by atoms with Crippen LogP contribution in [-0.4, -0.2) is 42.1 Å². The number of aromatic nitrogens is 2. The van der Waals surface area contributed by atoms with Crippen LogP contribution in [0.4, 0.5) is 8.78 Å². The Morgan fingerprint density at radius 3 is 2.33 bits per heavy atom. The Kier molecular flexibility index (Phi) is 5.84. The second-order valence-corrected chi connectivity index (χ2v) is 11.5. The average molecular weight is 402 g/mol. The van der Waals surface area contributed by atoms with Gasteiger partial charge in [0.15, 0.2) is 0 Å². The van der Waals surface area contributed by atoms with Gasteiger partial charge < -0.3 is 0 Å². The van der Waals surface area contributed by atoms with E-state index in [1.54, 1.807) is 4.31 Å². The molecule has 1 aromatic rings. The van der Waals surface area contributed by atoms with Crippen LogP contribution in [0.1, 0.15) is 77.7 Å². The molecule has 3 atom stereocenters. The molecule has 154 valence electrons. The first-order valence-electron chi connectivity index (χ1n) is 10.1. The van der Waals surface area contributed by atoms with Crippen LogP contribution in [0.15, 0.2) is 6.07 Å². The van der Waals surface area contributed by atoms with Gasteiger partial charge >= 0.3 is 0 Å². The molecule has 1 aromatic heterocycles. The van der Waals surface area contributed by atoms with Crippen molar-refractivity contribution in [2.75, 3.05) is 6.54 Å². The highest BCUT2D eigenvalue weighted by Crippen LogP contribution is 2.64. The molecule has 0 N–H and O–H groups in total. The van der Waals surface area contributed by atoms with E-state index in [4.69, 9.17) is 5.10 Å². The Hall–Kier alpha value is -0.820. The van der Waals surface area contributed by atoms with Gasteiger partial charge in [-0.15, -0.1) is 0 Å². The van der Waals surface area contributed by atoms with E-state index >= 15 is 0 Å². The smallest absolute Gasteiger partial charge is 0.252 e. The highest BCUT2D eigenvalue weighted by atomic mass is 32.2. The number of alkyl halides is 2. The molecule has 27 heavy (non-hydrogen) atoms. The summed E-state index contributed by atoms with van der Waals surface area (Å²) in [6.07, 6.45) is 0.173. The highest BCUT2D eigenvalue weighted by molar-refractivity contribution is 7.84. The number of hydrogen-bond acceptors (Lipinski definition) is 2. The molecular weight excluding hydrogens is 368 g/mol. The van der Waals surface area contributed by atoms with Crippen molar-refractivity contribution in [2.24, 2.45) is 11.8 Å². The van der Waals surface area contributed by atoms with Gasteiger partial charge in [0.1, 0.15) is 11.0 Å². The molecule has 4 nitrogen and oxygen atoms in total. The fourth-order valence-electron chi connectivity index (χ4n) is 4.62. The van der Waals surface area contributed by atoms with Crippen molar-refractivity contribution in [3.8, 4) is 0 Å². The molecule has 0 amide bonds. The summed E-state index contributed by atoms with van der Waals surface area (Å²) in [5.74, 6) is 1.49. The molecule has 0 aromatic carbocycles. The zero-order valence-electron chi connectivity index (χ0n) is 17.3. The monoisotopic (exact) mass is 401 g/mol. The topological polar surface area (TPSA) is 38.1 Å². The van der Waals surface area contributed by atoms with Gasteiger partial charge in [-0.25, -0.2) is 17.3 Å². The van der Waals surface area contributed by atoms with E-state index < -0.39 is 28.7 Å². The lowest BCUT2D eigenvalue weighted by Gasteiger charge is -2.34. The molecule has 0 spiro atoms. The molecule has 2 aliphatic rings. The van der Waals surface area contributed by atoms with Crippen molar-refractivity contribution in [3.63, 3.8) is 0 Å². The predicted octanol–water partition coefficient (Wildman–Crippen LogP) is 4.55. The van der Waals surface area contributed by atoms with Gasteiger partial charge in [0.25, 0.3) is 6.43 Å². The van der Waals surface area contributed by atoms with Crippen molar-refractivity contribution in [2.45, 2.75) is 90.0 Å². The lowest BCUT2D eigenvalue weighted by atomic mass is 10.0. The standard InChI is InChI=1S/C20H33F2N3OS/c1-7-13-8-17(25(23-13)12(2)3)19-15-9-14(10-16(15)19)24(11-18(21)22)27(26)20(4,5)6/h8,12,14-16,18-19H,7,9-11H2,1-6H3. The Morgan fingerprint density at radius 1 is 1.30 bits per heavy atom. The lowest BCUT2D eigenvalue weighted by Crippen LogP contribution is -2.45. The number of aryl methyl sites for hydroxylation is 1. The fraction of sp³-hybridized carbons (Fsp3) is 0.850. The van der Waals surface area contributed by atoms with E-state index in [1.165, 1.54) is 5.69 Å². The summed E-state index contributed by atoms with van der Waals surface area (Å²) in [4.78, 5) is 0. The van der Waals surface area contributed by atoms with Gasteiger partial charge in [-0.2, -0.15) is 5.10 Å². The van der Waals surface area contributed by atoms with Crippen LogP contribution in [0, 0.1) is 11.8 Å². The normalized spacial score (nSPS) is 29.0. The van der Waals surface area contributed by atoms with Crippen LogP contribution in [-0.2, 0) is 17.4 Å². The van der Waals surface area contributed by atoms with E-state index in [0.717, 1.165) is 25.0 Å². The third-order valence-corrected chi connectivity index (χ3v) is 7.81.